The summed E-state index contributed by atoms with van der Waals surface area (Å²) in [5, 5.41) is 2.94. The number of aromatic nitrogens is 3. The Morgan fingerprint density at radius 3 is 2.46 bits per heavy atom. The topological polar surface area (TPSA) is 63.1 Å². The van der Waals surface area contributed by atoms with E-state index in [9.17, 15) is 4.79 Å². The summed E-state index contributed by atoms with van der Waals surface area (Å²) in [4.78, 5) is 24.0. The molecule has 1 fully saturated rings. The lowest BCUT2D eigenvalue weighted by atomic mass is 10.1. The van der Waals surface area contributed by atoms with Crippen molar-refractivity contribution in [2.75, 3.05) is 18.0 Å². The minimum Gasteiger partial charge on any atom is -0.357 e. The van der Waals surface area contributed by atoms with Gasteiger partial charge in [-0.05, 0) is 62.6 Å². The van der Waals surface area contributed by atoms with Crippen molar-refractivity contribution in [1.29, 1.82) is 0 Å². The summed E-state index contributed by atoms with van der Waals surface area (Å²) in [6.07, 6.45) is 7.64. The van der Waals surface area contributed by atoms with Crippen molar-refractivity contribution >= 4 is 11.7 Å². The second-order valence-corrected chi connectivity index (χ2v) is 7.15. The fraction of sp³-hybridized carbons (Fsp3) is 0.318. The lowest BCUT2D eigenvalue weighted by Crippen LogP contribution is -2.31. The van der Waals surface area contributed by atoms with Crippen LogP contribution in [-0.2, 0) is 6.54 Å². The maximum atomic E-state index is 12.5. The van der Waals surface area contributed by atoms with Crippen LogP contribution in [0.5, 0.6) is 0 Å². The third kappa shape index (κ3) is 4.22. The Morgan fingerprint density at radius 1 is 1.04 bits per heavy atom. The highest BCUT2D eigenvalue weighted by molar-refractivity contribution is 5.94. The Kier molecular flexibility index (Phi) is 5.37. The first kappa shape index (κ1) is 18.2. The summed E-state index contributed by atoms with van der Waals surface area (Å²) in [5.41, 5.74) is 2.57. The molecule has 2 aromatic heterocycles. The van der Waals surface area contributed by atoms with Crippen molar-refractivity contribution in [1.82, 2.24) is 19.9 Å². The van der Waals surface area contributed by atoms with Crippen molar-refractivity contribution < 1.29 is 4.79 Å². The average molecular weight is 375 g/mol. The van der Waals surface area contributed by atoms with Gasteiger partial charge in [-0.2, -0.15) is 0 Å². The van der Waals surface area contributed by atoms with Crippen LogP contribution in [0.25, 0.3) is 5.69 Å². The Balaban J connectivity index is 1.41. The lowest BCUT2D eigenvalue weighted by molar-refractivity contribution is 0.0950. The molecule has 0 unspecified atom stereocenters. The molecular formula is C22H25N5O. The molecule has 144 valence electrons. The molecule has 3 heterocycles. The molecular weight excluding hydrogens is 350 g/mol. The van der Waals surface area contributed by atoms with Gasteiger partial charge in [0, 0.05) is 48.5 Å². The number of carbonyl (C=O) groups excluding carboxylic acids is 1. The van der Waals surface area contributed by atoms with E-state index in [4.69, 9.17) is 0 Å². The average Bonchev–Trinajstić information content (AvgIpc) is 3.27. The van der Waals surface area contributed by atoms with Crippen molar-refractivity contribution in [3.05, 3.63) is 71.9 Å². The Morgan fingerprint density at radius 2 is 1.75 bits per heavy atom. The van der Waals surface area contributed by atoms with Gasteiger partial charge in [-0.1, -0.05) is 0 Å². The quantitative estimate of drug-likeness (QED) is 0.741. The lowest BCUT2D eigenvalue weighted by Gasteiger charge is -2.28. The molecule has 1 aromatic carbocycles. The van der Waals surface area contributed by atoms with Crippen LogP contribution in [0.3, 0.4) is 0 Å². The van der Waals surface area contributed by atoms with Crippen LogP contribution in [0.4, 0.5) is 5.82 Å². The van der Waals surface area contributed by atoms with E-state index in [1.54, 1.807) is 0 Å². The third-order valence-corrected chi connectivity index (χ3v) is 5.01. The number of benzene rings is 1. The SMILES string of the molecule is Cc1cc(N2CCCCC2)nc(CNC(=O)c2ccc(-n3cccc3)cc2)n1. The van der Waals surface area contributed by atoms with E-state index in [0.29, 0.717) is 17.9 Å². The van der Waals surface area contributed by atoms with Gasteiger partial charge < -0.3 is 14.8 Å². The number of nitrogens with zero attached hydrogens (tertiary/aromatic N) is 4. The Hall–Kier alpha value is -3.15. The van der Waals surface area contributed by atoms with E-state index in [-0.39, 0.29) is 5.91 Å². The summed E-state index contributed by atoms with van der Waals surface area (Å²) in [7, 11) is 0. The molecule has 0 spiro atoms. The normalized spacial score (nSPS) is 14.1. The van der Waals surface area contributed by atoms with Crippen LogP contribution < -0.4 is 10.2 Å². The molecule has 0 radical (unpaired) electrons. The molecule has 3 aromatic rings. The standard InChI is InChI=1S/C22H25N5O/c1-17-15-21(27-13-3-2-4-14-27)25-20(24-17)16-23-22(28)18-7-9-19(10-8-18)26-11-5-6-12-26/h5-12,15H,2-4,13-14,16H2,1H3,(H,23,28). The second-order valence-electron chi connectivity index (χ2n) is 7.15. The Labute approximate surface area is 165 Å². The van der Waals surface area contributed by atoms with E-state index >= 15 is 0 Å². The van der Waals surface area contributed by atoms with Gasteiger partial charge in [0.1, 0.15) is 11.6 Å². The van der Waals surface area contributed by atoms with Crippen molar-refractivity contribution in [3.63, 3.8) is 0 Å². The predicted octanol–water partition coefficient (Wildman–Crippen LogP) is 3.50. The van der Waals surface area contributed by atoms with Gasteiger partial charge in [0.05, 0.1) is 6.54 Å². The van der Waals surface area contributed by atoms with Gasteiger partial charge in [-0.3, -0.25) is 4.79 Å². The largest absolute Gasteiger partial charge is 0.357 e. The molecule has 1 aliphatic rings. The van der Waals surface area contributed by atoms with Gasteiger partial charge in [0.15, 0.2) is 0 Å². The van der Waals surface area contributed by atoms with E-state index in [1.165, 1.54) is 19.3 Å². The number of amides is 1. The van der Waals surface area contributed by atoms with E-state index < -0.39 is 0 Å². The molecule has 1 aliphatic heterocycles. The van der Waals surface area contributed by atoms with Crippen LogP contribution in [0.2, 0.25) is 0 Å². The summed E-state index contributed by atoms with van der Waals surface area (Å²) in [6, 6.07) is 13.5. The van der Waals surface area contributed by atoms with Crippen LogP contribution in [0.15, 0.2) is 54.9 Å². The zero-order chi connectivity index (χ0) is 19.3. The highest BCUT2D eigenvalue weighted by atomic mass is 16.1. The van der Waals surface area contributed by atoms with Crippen LogP contribution >= 0.6 is 0 Å². The number of hydrogen-bond donors (Lipinski definition) is 1. The van der Waals surface area contributed by atoms with Gasteiger partial charge in [0.25, 0.3) is 5.91 Å². The highest BCUT2D eigenvalue weighted by Gasteiger charge is 2.14. The first-order valence-corrected chi connectivity index (χ1v) is 9.80. The molecule has 4 rings (SSSR count). The Bertz CT molecular complexity index is 928. The summed E-state index contributed by atoms with van der Waals surface area (Å²) in [6.45, 7) is 4.37. The first-order chi connectivity index (χ1) is 13.7. The molecule has 6 nitrogen and oxygen atoms in total. The highest BCUT2D eigenvalue weighted by Crippen LogP contribution is 2.18. The molecule has 1 saturated heterocycles. The number of aryl methyl sites for hydroxylation is 1. The van der Waals surface area contributed by atoms with Gasteiger partial charge in [0.2, 0.25) is 0 Å². The molecule has 0 aliphatic carbocycles. The van der Waals surface area contributed by atoms with Crippen molar-refractivity contribution in [2.24, 2.45) is 0 Å². The number of rotatable bonds is 5. The smallest absolute Gasteiger partial charge is 0.251 e. The number of piperidine rings is 1. The summed E-state index contributed by atoms with van der Waals surface area (Å²) in [5.74, 6) is 1.49. The van der Waals surface area contributed by atoms with Crippen LogP contribution in [0, 0.1) is 6.92 Å². The second kappa shape index (κ2) is 8.25. The number of nitrogens with one attached hydrogen (secondary N) is 1. The summed E-state index contributed by atoms with van der Waals surface area (Å²) >= 11 is 0. The number of anilines is 1. The van der Waals surface area contributed by atoms with Crippen molar-refractivity contribution in [2.45, 2.75) is 32.7 Å². The zero-order valence-corrected chi connectivity index (χ0v) is 16.1. The van der Waals surface area contributed by atoms with E-state index in [1.807, 2.05) is 66.3 Å². The molecule has 0 bridgehead atoms. The van der Waals surface area contributed by atoms with Gasteiger partial charge in [-0.25, -0.2) is 9.97 Å². The first-order valence-electron chi connectivity index (χ1n) is 9.80. The van der Waals surface area contributed by atoms with E-state index in [0.717, 1.165) is 30.3 Å². The maximum Gasteiger partial charge on any atom is 0.251 e. The third-order valence-electron chi connectivity index (χ3n) is 5.01. The molecule has 0 saturated carbocycles. The molecule has 28 heavy (non-hydrogen) atoms. The number of hydrogen-bond acceptors (Lipinski definition) is 4. The predicted molar refractivity (Wildman–Crippen MR) is 110 cm³/mol. The monoisotopic (exact) mass is 375 g/mol. The fourth-order valence-electron chi connectivity index (χ4n) is 3.53. The molecule has 0 atom stereocenters. The molecule has 6 heteroatoms. The van der Waals surface area contributed by atoms with Gasteiger partial charge in [-0.15, -0.1) is 0 Å². The van der Waals surface area contributed by atoms with Crippen molar-refractivity contribution in [3.8, 4) is 5.69 Å². The summed E-state index contributed by atoms with van der Waals surface area (Å²) < 4.78 is 2.00. The van der Waals surface area contributed by atoms with E-state index in [2.05, 4.69) is 20.2 Å². The van der Waals surface area contributed by atoms with Crippen LogP contribution in [0.1, 0.15) is 41.1 Å². The maximum absolute atomic E-state index is 12.5. The minimum absolute atomic E-state index is 0.122. The molecule has 1 amide bonds. The fourth-order valence-corrected chi connectivity index (χ4v) is 3.53. The minimum atomic E-state index is -0.122. The van der Waals surface area contributed by atoms with Crippen LogP contribution in [-0.4, -0.2) is 33.5 Å². The number of carbonyl (C=O) groups is 1. The zero-order valence-electron chi connectivity index (χ0n) is 16.1. The molecule has 1 N–H and O–H groups in total. The van der Waals surface area contributed by atoms with Gasteiger partial charge >= 0.3 is 0 Å².